The van der Waals surface area contributed by atoms with E-state index in [4.69, 9.17) is 10.5 Å². The molecule has 0 aromatic heterocycles. The highest BCUT2D eigenvalue weighted by Gasteiger charge is 2.37. The highest BCUT2D eigenvalue weighted by molar-refractivity contribution is 5.77. The van der Waals surface area contributed by atoms with Crippen LogP contribution in [0.5, 0.6) is 0 Å². The normalized spacial score (nSPS) is 13.9. The number of alkyl carbamates (subject to hydrolysis) is 1. The smallest absolute Gasteiger partial charge is 0.407 e. The lowest BCUT2D eigenvalue weighted by molar-refractivity contribution is -0.148. The van der Waals surface area contributed by atoms with Gasteiger partial charge >= 0.3 is 12.1 Å². The highest BCUT2D eigenvalue weighted by atomic mass is 16.6. The molecule has 0 aliphatic carbocycles. The Hall–Kier alpha value is -2.24. The number of benzene rings is 1. The van der Waals surface area contributed by atoms with Crippen molar-refractivity contribution < 1.29 is 19.4 Å². The summed E-state index contributed by atoms with van der Waals surface area (Å²) in [6, 6.07) is 7.11. The van der Waals surface area contributed by atoms with Crippen molar-refractivity contribution in [1.82, 2.24) is 5.32 Å². The van der Waals surface area contributed by atoms with Crippen LogP contribution < -0.4 is 11.1 Å². The van der Waals surface area contributed by atoms with Gasteiger partial charge in [0.1, 0.15) is 5.60 Å². The van der Waals surface area contributed by atoms with Crippen molar-refractivity contribution in [2.24, 2.45) is 5.41 Å². The lowest BCUT2D eigenvalue weighted by Crippen LogP contribution is -2.45. The molecule has 1 aromatic rings. The number of anilines is 1. The zero-order valence-corrected chi connectivity index (χ0v) is 14.2. The van der Waals surface area contributed by atoms with Gasteiger partial charge in [-0.1, -0.05) is 19.1 Å². The second-order valence-electron chi connectivity index (χ2n) is 6.72. The van der Waals surface area contributed by atoms with E-state index in [2.05, 4.69) is 5.32 Å². The van der Waals surface area contributed by atoms with E-state index in [0.717, 1.165) is 5.56 Å². The standard InChI is InChI=1S/C17H26N2O4/c1-5-17(14(20)21,10-12-7-6-8-13(18)9-12)11-19-15(22)23-16(2,3)4/h6-9H,5,10-11,18H2,1-4H3,(H,19,22)(H,20,21). The van der Waals surface area contributed by atoms with Crippen LogP contribution in [0.2, 0.25) is 0 Å². The number of nitrogen functional groups attached to an aromatic ring is 1. The number of carboxylic acids is 1. The van der Waals surface area contributed by atoms with E-state index in [0.29, 0.717) is 12.1 Å². The average Bonchev–Trinajstić information content (AvgIpc) is 2.41. The molecule has 1 amide bonds. The van der Waals surface area contributed by atoms with Crippen molar-refractivity contribution in [2.75, 3.05) is 12.3 Å². The van der Waals surface area contributed by atoms with Gasteiger partial charge in [0.2, 0.25) is 0 Å². The third kappa shape index (κ3) is 5.81. The summed E-state index contributed by atoms with van der Waals surface area (Å²) in [7, 11) is 0. The molecule has 23 heavy (non-hydrogen) atoms. The van der Waals surface area contributed by atoms with E-state index < -0.39 is 23.1 Å². The number of ether oxygens (including phenoxy) is 1. The number of amides is 1. The van der Waals surface area contributed by atoms with Crippen molar-refractivity contribution in [1.29, 1.82) is 0 Å². The van der Waals surface area contributed by atoms with Crippen LogP contribution in [-0.2, 0) is 16.0 Å². The molecule has 1 unspecified atom stereocenters. The third-order valence-electron chi connectivity index (χ3n) is 3.59. The molecule has 6 heteroatoms. The number of hydrogen-bond acceptors (Lipinski definition) is 4. The van der Waals surface area contributed by atoms with E-state index in [1.165, 1.54) is 0 Å². The Morgan fingerprint density at radius 3 is 2.43 bits per heavy atom. The first-order valence-electron chi connectivity index (χ1n) is 7.63. The summed E-state index contributed by atoms with van der Waals surface area (Å²) < 4.78 is 5.16. The predicted octanol–water partition coefficient (Wildman–Crippen LogP) is 2.82. The molecule has 1 aromatic carbocycles. The first-order valence-corrected chi connectivity index (χ1v) is 7.63. The zero-order valence-electron chi connectivity index (χ0n) is 14.2. The Labute approximate surface area is 137 Å². The first kappa shape index (κ1) is 18.8. The zero-order chi connectivity index (χ0) is 17.7. The number of carbonyl (C=O) groups excluding carboxylic acids is 1. The van der Waals surface area contributed by atoms with Gasteiger partial charge in [-0.15, -0.1) is 0 Å². The molecule has 0 spiro atoms. The maximum Gasteiger partial charge on any atom is 0.407 e. The molecule has 0 heterocycles. The summed E-state index contributed by atoms with van der Waals surface area (Å²) in [4.78, 5) is 23.6. The van der Waals surface area contributed by atoms with Gasteiger partial charge in [0, 0.05) is 12.2 Å². The maximum atomic E-state index is 11.8. The molecule has 0 radical (unpaired) electrons. The molecule has 128 valence electrons. The molecule has 1 rings (SSSR count). The average molecular weight is 322 g/mol. The van der Waals surface area contributed by atoms with Gasteiger partial charge in [-0.25, -0.2) is 4.79 Å². The van der Waals surface area contributed by atoms with E-state index in [1.54, 1.807) is 45.9 Å². The number of nitrogens with two attached hydrogens (primary N) is 1. The summed E-state index contributed by atoms with van der Waals surface area (Å²) >= 11 is 0. The van der Waals surface area contributed by atoms with Crippen molar-refractivity contribution in [2.45, 2.75) is 46.1 Å². The molecule has 0 aliphatic rings. The molecule has 4 N–H and O–H groups in total. The Morgan fingerprint density at radius 1 is 1.30 bits per heavy atom. The van der Waals surface area contributed by atoms with Crippen LogP contribution in [0, 0.1) is 5.41 Å². The number of nitrogens with one attached hydrogen (secondary N) is 1. The van der Waals surface area contributed by atoms with E-state index >= 15 is 0 Å². The van der Waals surface area contributed by atoms with Gasteiger partial charge in [0.25, 0.3) is 0 Å². The Morgan fingerprint density at radius 2 is 1.96 bits per heavy atom. The third-order valence-corrected chi connectivity index (χ3v) is 3.59. The minimum atomic E-state index is -1.11. The number of carboxylic acid groups (broad SMARTS) is 1. The summed E-state index contributed by atoms with van der Waals surface area (Å²) in [5.41, 5.74) is 5.42. The highest BCUT2D eigenvalue weighted by Crippen LogP contribution is 2.28. The quantitative estimate of drug-likeness (QED) is 0.699. The molecule has 1 atom stereocenters. The number of carbonyl (C=O) groups is 2. The van der Waals surface area contributed by atoms with Crippen LogP contribution in [0.15, 0.2) is 24.3 Å². The lowest BCUT2D eigenvalue weighted by atomic mass is 9.79. The van der Waals surface area contributed by atoms with Crippen molar-refractivity contribution in [3.63, 3.8) is 0 Å². The molecule has 0 saturated heterocycles. The molecular formula is C17H26N2O4. The Bertz CT molecular complexity index is 566. The van der Waals surface area contributed by atoms with Crippen molar-refractivity contribution in [3.8, 4) is 0 Å². The Balaban J connectivity index is 2.86. The van der Waals surface area contributed by atoms with Gasteiger partial charge < -0.3 is 20.9 Å². The van der Waals surface area contributed by atoms with Gasteiger partial charge in [0.15, 0.2) is 0 Å². The molecule has 0 bridgehead atoms. The van der Waals surface area contributed by atoms with Gasteiger partial charge in [-0.3, -0.25) is 4.79 Å². The Kier molecular flexibility index (Phi) is 6.01. The molecule has 0 fully saturated rings. The van der Waals surface area contributed by atoms with Gasteiger partial charge in [0.05, 0.1) is 5.41 Å². The molecular weight excluding hydrogens is 296 g/mol. The maximum absolute atomic E-state index is 11.8. The van der Waals surface area contributed by atoms with E-state index in [9.17, 15) is 14.7 Å². The summed E-state index contributed by atoms with van der Waals surface area (Å²) in [5.74, 6) is -0.960. The van der Waals surface area contributed by atoms with E-state index in [-0.39, 0.29) is 13.0 Å². The molecule has 0 aliphatic heterocycles. The van der Waals surface area contributed by atoms with Crippen LogP contribution in [0.1, 0.15) is 39.7 Å². The lowest BCUT2D eigenvalue weighted by Gasteiger charge is -2.29. The van der Waals surface area contributed by atoms with Crippen molar-refractivity contribution >= 4 is 17.7 Å². The summed E-state index contributed by atoms with van der Waals surface area (Å²) in [5, 5.41) is 12.3. The molecule has 6 nitrogen and oxygen atoms in total. The predicted molar refractivity (Wildman–Crippen MR) is 89.2 cm³/mol. The second-order valence-corrected chi connectivity index (χ2v) is 6.72. The van der Waals surface area contributed by atoms with Crippen LogP contribution in [0.25, 0.3) is 0 Å². The van der Waals surface area contributed by atoms with Crippen molar-refractivity contribution in [3.05, 3.63) is 29.8 Å². The van der Waals surface area contributed by atoms with Crippen LogP contribution in [0.4, 0.5) is 10.5 Å². The largest absolute Gasteiger partial charge is 0.481 e. The fourth-order valence-corrected chi connectivity index (χ4v) is 2.26. The molecule has 0 saturated carbocycles. The van der Waals surface area contributed by atoms with Crippen LogP contribution in [0.3, 0.4) is 0 Å². The fourth-order valence-electron chi connectivity index (χ4n) is 2.26. The summed E-state index contributed by atoms with van der Waals surface area (Å²) in [6.45, 7) is 7.04. The number of rotatable bonds is 6. The summed E-state index contributed by atoms with van der Waals surface area (Å²) in [6.07, 6.45) is 0.0243. The van der Waals surface area contributed by atoms with Gasteiger partial charge in [-0.05, 0) is 51.3 Å². The minimum Gasteiger partial charge on any atom is -0.481 e. The number of aliphatic carboxylic acids is 1. The SMILES string of the molecule is CCC(CNC(=O)OC(C)(C)C)(Cc1cccc(N)c1)C(=O)O. The topological polar surface area (TPSA) is 102 Å². The first-order chi connectivity index (χ1) is 10.6. The second kappa shape index (κ2) is 7.35. The van der Waals surface area contributed by atoms with Crippen LogP contribution >= 0.6 is 0 Å². The van der Waals surface area contributed by atoms with Gasteiger partial charge in [-0.2, -0.15) is 0 Å². The minimum absolute atomic E-state index is 0.0114. The van der Waals surface area contributed by atoms with E-state index in [1.807, 2.05) is 6.07 Å². The van der Waals surface area contributed by atoms with Crippen LogP contribution in [-0.4, -0.2) is 29.3 Å². The fraction of sp³-hybridized carbons (Fsp3) is 0.529. The monoisotopic (exact) mass is 322 g/mol. The number of hydrogen-bond donors (Lipinski definition) is 3.